The minimum Gasteiger partial charge on any atom is -0.496 e. The summed E-state index contributed by atoms with van der Waals surface area (Å²) in [4.78, 5) is 18.0. The van der Waals surface area contributed by atoms with Gasteiger partial charge in [0.1, 0.15) is 17.1 Å². The molecule has 130 valence electrons. The van der Waals surface area contributed by atoms with Gasteiger partial charge in [0.2, 0.25) is 0 Å². The van der Waals surface area contributed by atoms with Crippen LogP contribution >= 0.6 is 0 Å². The molecule has 0 radical (unpaired) electrons. The van der Waals surface area contributed by atoms with Crippen LogP contribution in [0.3, 0.4) is 0 Å². The van der Waals surface area contributed by atoms with Crippen molar-refractivity contribution in [2.75, 3.05) is 13.7 Å². The third-order valence-corrected chi connectivity index (χ3v) is 5.17. The van der Waals surface area contributed by atoms with Gasteiger partial charge in [-0.15, -0.1) is 0 Å². The number of fused-ring (bicyclic) bond motifs is 1. The van der Waals surface area contributed by atoms with Gasteiger partial charge < -0.3 is 14.6 Å². The summed E-state index contributed by atoms with van der Waals surface area (Å²) < 4.78 is 19.7. The molecule has 4 nitrogen and oxygen atoms in total. The largest absolute Gasteiger partial charge is 0.496 e. The lowest BCUT2D eigenvalue weighted by Gasteiger charge is -2.31. The minimum atomic E-state index is -1.30. The summed E-state index contributed by atoms with van der Waals surface area (Å²) in [7, 11) is 1.61. The van der Waals surface area contributed by atoms with Crippen LogP contribution in [0.2, 0.25) is 0 Å². The first-order chi connectivity index (χ1) is 11.1. The molecule has 1 saturated heterocycles. The van der Waals surface area contributed by atoms with Crippen LogP contribution in [0.4, 0.5) is 4.39 Å². The minimum absolute atomic E-state index is 0.0926. The first-order valence-corrected chi connectivity index (χ1v) is 8.30. The quantitative estimate of drug-likeness (QED) is 0.917. The zero-order chi connectivity index (χ0) is 17.7. The van der Waals surface area contributed by atoms with Gasteiger partial charge in [0.15, 0.2) is 0 Å². The smallest absolute Gasteiger partial charge is 0.270 e. The molecule has 1 fully saturated rings. The molecule has 0 saturated carbocycles. The number of ether oxygens (including phenoxy) is 1. The van der Waals surface area contributed by atoms with Gasteiger partial charge in [0.25, 0.3) is 5.91 Å². The molecule has 1 N–H and O–H groups in total. The molecule has 5 heteroatoms. The fraction of sp³-hybridized carbons (Fsp3) is 0.526. The number of carbonyl (C=O) groups excluding carboxylic acids is 1. The van der Waals surface area contributed by atoms with Crippen LogP contribution < -0.4 is 4.74 Å². The molecule has 3 rings (SSSR count). The molecule has 1 amide bonds. The van der Waals surface area contributed by atoms with Crippen molar-refractivity contribution in [1.82, 2.24) is 9.88 Å². The number of halogens is 1. The third kappa shape index (κ3) is 2.76. The third-order valence-electron chi connectivity index (χ3n) is 5.17. The second-order valence-corrected chi connectivity index (χ2v) is 7.80. The summed E-state index contributed by atoms with van der Waals surface area (Å²) in [5, 5.41) is 0.878. The van der Waals surface area contributed by atoms with E-state index >= 15 is 0 Å². The standard InChI is InChI=1S/C19H25FN2O2/c1-18(2)10-12(19(3,4)20)11-22(18)17(23)15-9-13-14(21-15)7-6-8-16(13)24-5/h6-9,12,21H,10-11H2,1-5H3. The maximum absolute atomic E-state index is 14.4. The van der Waals surface area contributed by atoms with Crippen LogP contribution in [-0.2, 0) is 0 Å². The zero-order valence-corrected chi connectivity index (χ0v) is 14.9. The van der Waals surface area contributed by atoms with Gasteiger partial charge in [-0.05, 0) is 52.3 Å². The van der Waals surface area contributed by atoms with E-state index in [4.69, 9.17) is 4.74 Å². The summed E-state index contributed by atoms with van der Waals surface area (Å²) in [5.41, 5.74) is -0.292. The maximum Gasteiger partial charge on any atom is 0.270 e. The normalized spacial score (nSPS) is 20.6. The number of nitrogens with one attached hydrogen (secondary N) is 1. The number of rotatable bonds is 3. The highest BCUT2D eigenvalue weighted by Crippen LogP contribution is 2.40. The van der Waals surface area contributed by atoms with Gasteiger partial charge in [-0.1, -0.05) is 6.07 Å². The molecule has 1 aliphatic heterocycles. The average molecular weight is 332 g/mol. The molecule has 1 atom stereocenters. The Bertz CT molecular complexity index is 773. The lowest BCUT2D eigenvalue weighted by molar-refractivity contribution is 0.0634. The Hall–Kier alpha value is -2.04. The lowest BCUT2D eigenvalue weighted by Crippen LogP contribution is -2.43. The van der Waals surface area contributed by atoms with E-state index in [0.717, 1.165) is 16.7 Å². The van der Waals surface area contributed by atoms with Crippen LogP contribution in [-0.4, -0.2) is 40.7 Å². The summed E-state index contributed by atoms with van der Waals surface area (Å²) in [6, 6.07) is 7.48. The van der Waals surface area contributed by atoms with Gasteiger partial charge in [-0.2, -0.15) is 0 Å². The predicted molar refractivity (Wildman–Crippen MR) is 93.3 cm³/mol. The summed E-state index contributed by atoms with van der Waals surface area (Å²) in [5.74, 6) is 0.478. The van der Waals surface area contributed by atoms with Crippen LogP contribution in [0.25, 0.3) is 10.9 Å². The van der Waals surface area contributed by atoms with E-state index in [9.17, 15) is 9.18 Å². The Morgan fingerprint density at radius 1 is 1.42 bits per heavy atom. The molecule has 0 spiro atoms. The Balaban J connectivity index is 1.94. The number of likely N-dealkylation sites (tertiary alicyclic amines) is 1. The van der Waals surface area contributed by atoms with Crippen molar-refractivity contribution in [2.45, 2.75) is 45.3 Å². The molecular formula is C19H25FN2O2. The van der Waals surface area contributed by atoms with E-state index in [1.165, 1.54) is 0 Å². The van der Waals surface area contributed by atoms with Crippen LogP contribution in [0.15, 0.2) is 24.3 Å². The highest BCUT2D eigenvalue weighted by atomic mass is 19.1. The number of H-pyrrole nitrogens is 1. The highest BCUT2D eigenvalue weighted by molar-refractivity contribution is 6.00. The maximum atomic E-state index is 14.4. The Labute approximate surface area is 142 Å². The number of nitrogens with zero attached hydrogens (tertiary/aromatic N) is 1. The molecule has 0 aliphatic carbocycles. The van der Waals surface area contributed by atoms with Crippen molar-refractivity contribution in [1.29, 1.82) is 0 Å². The molecular weight excluding hydrogens is 307 g/mol. The number of aromatic nitrogens is 1. The van der Waals surface area contributed by atoms with Gasteiger partial charge in [-0.25, -0.2) is 4.39 Å². The van der Waals surface area contributed by atoms with Crippen LogP contribution in [0.1, 0.15) is 44.6 Å². The molecule has 1 unspecified atom stereocenters. The van der Waals surface area contributed by atoms with Crippen molar-refractivity contribution in [3.8, 4) is 5.75 Å². The lowest BCUT2D eigenvalue weighted by atomic mass is 9.87. The van der Waals surface area contributed by atoms with E-state index in [-0.39, 0.29) is 17.4 Å². The van der Waals surface area contributed by atoms with Gasteiger partial charge in [-0.3, -0.25) is 4.79 Å². The monoisotopic (exact) mass is 332 g/mol. The number of amides is 1. The molecule has 1 aromatic carbocycles. The highest BCUT2D eigenvalue weighted by Gasteiger charge is 2.47. The van der Waals surface area contributed by atoms with Crippen LogP contribution in [0, 0.1) is 5.92 Å². The van der Waals surface area contributed by atoms with E-state index in [1.54, 1.807) is 25.9 Å². The Kier molecular flexibility index (Phi) is 3.85. The van der Waals surface area contributed by atoms with Crippen molar-refractivity contribution < 1.29 is 13.9 Å². The first kappa shape index (κ1) is 16.8. The molecule has 0 bridgehead atoms. The van der Waals surface area contributed by atoms with Gasteiger partial charge in [0.05, 0.1) is 7.11 Å². The second-order valence-electron chi connectivity index (χ2n) is 7.80. The number of aromatic amines is 1. The molecule has 24 heavy (non-hydrogen) atoms. The van der Waals surface area contributed by atoms with E-state index in [0.29, 0.717) is 18.7 Å². The number of hydrogen-bond acceptors (Lipinski definition) is 2. The number of benzene rings is 1. The molecule has 2 aromatic rings. The van der Waals surface area contributed by atoms with E-state index in [1.807, 2.05) is 38.1 Å². The van der Waals surface area contributed by atoms with E-state index in [2.05, 4.69) is 4.98 Å². The second kappa shape index (κ2) is 5.50. The summed E-state index contributed by atoms with van der Waals surface area (Å²) in [6.45, 7) is 7.62. The topological polar surface area (TPSA) is 45.3 Å². The van der Waals surface area contributed by atoms with Gasteiger partial charge in [0, 0.05) is 28.9 Å². The number of hydrogen-bond donors (Lipinski definition) is 1. The van der Waals surface area contributed by atoms with E-state index < -0.39 is 5.67 Å². The Morgan fingerprint density at radius 3 is 2.71 bits per heavy atom. The SMILES string of the molecule is COc1cccc2[nH]c(C(=O)N3CC(C(C)(C)F)CC3(C)C)cc12. The molecule has 2 heterocycles. The van der Waals surface area contributed by atoms with Gasteiger partial charge >= 0.3 is 0 Å². The average Bonchev–Trinajstić information content (AvgIpc) is 3.06. The van der Waals surface area contributed by atoms with Crippen molar-refractivity contribution in [2.24, 2.45) is 5.92 Å². The Morgan fingerprint density at radius 2 is 2.12 bits per heavy atom. The van der Waals surface area contributed by atoms with Crippen molar-refractivity contribution in [3.05, 3.63) is 30.0 Å². The first-order valence-electron chi connectivity index (χ1n) is 8.30. The molecule has 1 aliphatic rings. The fourth-order valence-electron chi connectivity index (χ4n) is 3.63. The number of methoxy groups -OCH3 is 1. The summed E-state index contributed by atoms with van der Waals surface area (Å²) >= 11 is 0. The van der Waals surface area contributed by atoms with Crippen molar-refractivity contribution >= 4 is 16.8 Å². The summed E-state index contributed by atoms with van der Waals surface area (Å²) in [6.07, 6.45) is 0.659. The zero-order valence-electron chi connectivity index (χ0n) is 14.9. The fourth-order valence-corrected chi connectivity index (χ4v) is 3.63. The number of carbonyl (C=O) groups is 1. The van der Waals surface area contributed by atoms with Crippen LogP contribution in [0.5, 0.6) is 5.75 Å². The van der Waals surface area contributed by atoms with Crippen molar-refractivity contribution in [3.63, 3.8) is 0 Å². The number of alkyl halides is 1. The predicted octanol–water partition coefficient (Wildman–Crippen LogP) is 4.17. The molecule has 1 aromatic heterocycles.